The number of aromatic nitrogens is 1. The molecular formula is C16H12ClN3O4S. The van der Waals surface area contributed by atoms with Crippen LogP contribution in [0.3, 0.4) is 0 Å². The number of rotatable bonds is 5. The van der Waals surface area contributed by atoms with Crippen molar-refractivity contribution in [3.05, 3.63) is 67.2 Å². The number of hydrogen-bond donors (Lipinski definition) is 1. The fraction of sp³-hybridized carbons (Fsp3) is 0.125. The number of carbonyl (C=O) groups excluding carboxylic acids is 1. The van der Waals surface area contributed by atoms with Crippen molar-refractivity contribution in [3.63, 3.8) is 0 Å². The van der Waals surface area contributed by atoms with Crippen LogP contribution in [0, 0.1) is 17.0 Å². The molecule has 128 valence electrons. The van der Waals surface area contributed by atoms with Crippen LogP contribution < -0.4 is 5.32 Å². The molecule has 0 bridgehead atoms. The molecule has 2 aromatic heterocycles. The van der Waals surface area contributed by atoms with Gasteiger partial charge in [-0.25, -0.2) is 4.98 Å². The van der Waals surface area contributed by atoms with Gasteiger partial charge < -0.3 is 9.73 Å². The average molecular weight is 378 g/mol. The summed E-state index contributed by atoms with van der Waals surface area (Å²) in [4.78, 5) is 26.7. The van der Waals surface area contributed by atoms with Crippen molar-refractivity contribution in [1.82, 2.24) is 10.3 Å². The lowest BCUT2D eigenvalue weighted by atomic mass is 10.2. The van der Waals surface area contributed by atoms with Gasteiger partial charge in [0.05, 0.1) is 16.5 Å². The van der Waals surface area contributed by atoms with Crippen LogP contribution in [0.25, 0.3) is 11.5 Å². The Bertz CT molecular complexity index is 951. The van der Waals surface area contributed by atoms with E-state index in [1.165, 1.54) is 23.5 Å². The lowest BCUT2D eigenvalue weighted by molar-refractivity contribution is -0.384. The number of benzene rings is 1. The summed E-state index contributed by atoms with van der Waals surface area (Å²) in [5, 5.41) is 16.3. The summed E-state index contributed by atoms with van der Waals surface area (Å²) in [6, 6.07) is 7.42. The van der Waals surface area contributed by atoms with Crippen LogP contribution >= 0.6 is 22.9 Å². The van der Waals surface area contributed by atoms with Gasteiger partial charge in [0.1, 0.15) is 16.5 Å². The van der Waals surface area contributed by atoms with Crippen LogP contribution in [0.2, 0.25) is 5.02 Å². The third-order valence-electron chi connectivity index (χ3n) is 3.36. The van der Waals surface area contributed by atoms with Gasteiger partial charge in [0.2, 0.25) is 0 Å². The third kappa shape index (κ3) is 3.86. The first kappa shape index (κ1) is 17.1. The number of nitro groups is 1. The fourth-order valence-corrected chi connectivity index (χ4v) is 2.94. The number of hydrogen-bond acceptors (Lipinski definition) is 6. The van der Waals surface area contributed by atoms with Crippen LogP contribution in [-0.2, 0) is 6.54 Å². The number of nitrogens with zero attached hydrogens (tertiary/aromatic N) is 2. The molecule has 0 saturated heterocycles. The first-order valence-corrected chi connectivity index (χ1v) is 8.43. The number of carbonyl (C=O) groups is 1. The molecule has 0 unspecified atom stereocenters. The molecule has 1 N–H and O–H groups in total. The Morgan fingerprint density at radius 3 is 2.88 bits per heavy atom. The molecule has 25 heavy (non-hydrogen) atoms. The summed E-state index contributed by atoms with van der Waals surface area (Å²) in [6.45, 7) is 2.06. The smallest absolute Gasteiger partial charge is 0.288 e. The van der Waals surface area contributed by atoms with Crippen molar-refractivity contribution < 1.29 is 14.1 Å². The Morgan fingerprint density at radius 2 is 2.20 bits per heavy atom. The largest absolute Gasteiger partial charge is 0.458 e. The lowest BCUT2D eigenvalue weighted by Crippen LogP contribution is -2.22. The monoisotopic (exact) mass is 377 g/mol. The molecule has 0 saturated carbocycles. The van der Waals surface area contributed by atoms with Crippen molar-refractivity contribution in [2.75, 3.05) is 0 Å². The highest BCUT2D eigenvalue weighted by Crippen LogP contribution is 2.26. The van der Waals surface area contributed by atoms with Gasteiger partial charge in [-0.3, -0.25) is 14.9 Å². The number of furan rings is 1. The average Bonchev–Trinajstić information content (AvgIpc) is 3.21. The van der Waals surface area contributed by atoms with Crippen molar-refractivity contribution in [2.24, 2.45) is 0 Å². The molecule has 7 nitrogen and oxygen atoms in total. The third-order valence-corrected chi connectivity index (χ3v) is 4.45. The first-order chi connectivity index (χ1) is 11.9. The molecular weight excluding hydrogens is 366 g/mol. The predicted molar refractivity (Wildman–Crippen MR) is 93.8 cm³/mol. The summed E-state index contributed by atoms with van der Waals surface area (Å²) in [6.07, 6.45) is 0. The molecule has 3 rings (SSSR count). The molecule has 2 heterocycles. The summed E-state index contributed by atoms with van der Waals surface area (Å²) in [7, 11) is 0. The van der Waals surface area contributed by atoms with Gasteiger partial charge in [-0.2, -0.15) is 0 Å². The maximum absolute atomic E-state index is 12.2. The summed E-state index contributed by atoms with van der Waals surface area (Å²) < 4.78 is 5.65. The number of amides is 1. The number of aryl methyl sites for hydroxylation is 1. The number of nitro benzene ring substituents is 1. The van der Waals surface area contributed by atoms with Crippen molar-refractivity contribution in [3.8, 4) is 11.5 Å². The Kier molecular flexibility index (Phi) is 4.82. The van der Waals surface area contributed by atoms with Crippen LogP contribution in [0.4, 0.5) is 5.69 Å². The van der Waals surface area contributed by atoms with Gasteiger partial charge in [-0.1, -0.05) is 11.6 Å². The van der Waals surface area contributed by atoms with E-state index < -0.39 is 10.8 Å². The highest BCUT2D eigenvalue weighted by Gasteiger charge is 2.16. The molecule has 1 amide bonds. The van der Waals surface area contributed by atoms with E-state index in [1.807, 2.05) is 12.3 Å². The van der Waals surface area contributed by atoms with Gasteiger partial charge in [-0.05, 0) is 31.2 Å². The Morgan fingerprint density at radius 1 is 1.40 bits per heavy atom. The van der Waals surface area contributed by atoms with E-state index in [-0.39, 0.29) is 22.8 Å². The number of thiazole rings is 1. The van der Waals surface area contributed by atoms with Crippen molar-refractivity contribution in [2.45, 2.75) is 13.5 Å². The second kappa shape index (κ2) is 7.04. The topological polar surface area (TPSA) is 98.3 Å². The van der Waals surface area contributed by atoms with E-state index >= 15 is 0 Å². The zero-order chi connectivity index (χ0) is 18.0. The fourth-order valence-electron chi connectivity index (χ4n) is 2.15. The molecule has 0 spiro atoms. The molecule has 9 heteroatoms. The molecule has 0 aliphatic heterocycles. The summed E-state index contributed by atoms with van der Waals surface area (Å²) >= 11 is 7.26. The molecule has 0 radical (unpaired) electrons. The zero-order valence-electron chi connectivity index (χ0n) is 13.0. The maximum atomic E-state index is 12.2. The van der Waals surface area contributed by atoms with E-state index in [1.54, 1.807) is 12.1 Å². The van der Waals surface area contributed by atoms with E-state index in [0.717, 1.165) is 16.8 Å². The second-order valence-electron chi connectivity index (χ2n) is 5.12. The molecule has 3 aromatic rings. The van der Waals surface area contributed by atoms with Crippen molar-refractivity contribution in [1.29, 1.82) is 0 Å². The van der Waals surface area contributed by atoms with Crippen LogP contribution in [0.1, 0.15) is 21.1 Å². The standard InChI is InChI=1S/C16H12ClN3O4S/c1-9-19-13(8-25-9)15-5-3-11(24-15)7-18-16(21)10-2-4-12(17)14(6-10)20(22)23/h2-6,8H,7H2,1H3,(H,18,21). The quantitative estimate of drug-likeness (QED) is 0.530. The van der Waals surface area contributed by atoms with Gasteiger partial charge in [-0.15, -0.1) is 11.3 Å². The molecule has 0 aliphatic carbocycles. The van der Waals surface area contributed by atoms with E-state index in [4.69, 9.17) is 16.0 Å². The van der Waals surface area contributed by atoms with Crippen LogP contribution in [0.15, 0.2) is 40.1 Å². The second-order valence-corrected chi connectivity index (χ2v) is 6.59. The van der Waals surface area contributed by atoms with Gasteiger partial charge in [0.15, 0.2) is 5.76 Å². The summed E-state index contributed by atoms with van der Waals surface area (Å²) in [5.74, 6) is 0.718. The van der Waals surface area contributed by atoms with Crippen LogP contribution in [-0.4, -0.2) is 15.8 Å². The van der Waals surface area contributed by atoms with Crippen LogP contribution in [0.5, 0.6) is 0 Å². The number of nitrogens with one attached hydrogen (secondary N) is 1. The highest BCUT2D eigenvalue weighted by atomic mass is 35.5. The minimum atomic E-state index is -0.631. The lowest BCUT2D eigenvalue weighted by Gasteiger charge is -2.04. The highest BCUT2D eigenvalue weighted by molar-refractivity contribution is 7.09. The molecule has 0 aliphatic rings. The number of halogens is 1. The van der Waals surface area contributed by atoms with Gasteiger partial charge in [0.25, 0.3) is 11.6 Å². The van der Waals surface area contributed by atoms with Crippen molar-refractivity contribution >= 4 is 34.5 Å². The first-order valence-electron chi connectivity index (χ1n) is 7.17. The minimum Gasteiger partial charge on any atom is -0.458 e. The molecule has 0 fully saturated rings. The molecule has 0 atom stereocenters. The summed E-state index contributed by atoms with van der Waals surface area (Å²) in [5.41, 5.74) is 0.583. The van der Waals surface area contributed by atoms with E-state index in [2.05, 4.69) is 10.3 Å². The maximum Gasteiger partial charge on any atom is 0.288 e. The molecule has 1 aromatic carbocycles. The van der Waals surface area contributed by atoms with Gasteiger partial charge in [0, 0.05) is 17.0 Å². The SMILES string of the molecule is Cc1nc(-c2ccc(CNC(=O)c3ccc(Cl)c([N+](=O)[O-])c3)o2)cs1. The minimum absolute atomic E-state index is 0.0178. The predicted octanol–water partition coefficient (Wildman–Crippen LogP) is 4.20. The Labute approximate surface area is 151 Å². The van der Waals surface area contributed by atoms with E-state index in [9.17, 15) is 14.9 Å². The normalized spacial score (nSPS) is 10.6. The zero-order valence-corrected chi connectivity index (χ0v) is 14.6. The Balaban J connectivity index is 1.68. The van der Waals surface area contributed by atoms with Gasteiger partial charge >= 0.3 is 0 Å². The van der Waals surface area contributed by atoms with E-state index in [0.29, 0.717) is 11.5 Å². The Hall–Kier alpha value is -2.71.